The Morgan fingerprint density at radius 3 is 2.66 bits per heavy atom. The fraction of sp³-hybridized carbons (Fsp3) is 0.348. The maximum Gasteiger partial charge on any atom is 0.262 e. The lowest BCUT2D eigenvalue weighted by Crippen LogP contribution is -2.46. The number of rotatable bonds is 4. The number of nitrogens with zero attached hydrogens (tertiary/aromatic N) is 6. The van der Waals surface area contributed by atoms with Crippen molar-refractivity contribution in [3.05, 3.63) is 64.6 Å². The number of aromatic nitrogens is 5. The van der Waals surface area contributed by atoms with Gasteiger partial charge in [-0.05, 0) is 43.7 Å². The lowest BCUT2D eigenvalue weighted by molar-refractivity contribution is -0.0298. The summed E-state index contributed by atoms with van der Waals surface area (Å²) in [7, 11) is 3.91. The van der Waals surface area contributed by atoms with Gasteiger partial charge in [0, 0.05) is 37.6 Å². The summed E-state index contributed by atoms with van der Waals surface area (Å²) in [5.74, 6) is 0. The van der Waals surface area contributed by atoms with Gasteiger partial charge in [-0.25, -0.2) is 4.98 Å². The van der Waals surface area contributed by atoms with Gasteiger partial charge in [0.25, 0.3) is 5.56 Å². The molecule has 32 heavy (non-hydrogen) atoms. The Morgan fingerprint density at radius 2 is 1.94 bits per heavy atom. The van der Waals surface area contributed by atoms with Crippen molar-refractivity contribution in [1.29, 1.82) is 0 Å². The van der Waals surface area contributed by atoms with E-state index in [1.165, 1.54) is 10.9 Å². The van der Waals surface area contributed by atoms with Crippen molar-refractivity contribution in [2.75, 3.05) is 20.1 Å². The smallest absolute Gasteiger partial charge is 0.262 e. The highest BCUT2D eigenvalue weighted by atomic mass is 35.5. The van der Waals surface area contributed by atoms with Crippen LogP contribution in [0.2, 0.25) is 5.15 Å². The molecule has 8 nitrogen and oxygen atoms in total. The number of hydrogen-bond donors (Lipinski definition) is 1. The lowest BCUT2D eigenvalue weighted by Gasteiger charge is -2.36. The minimum atomic E-state index is -0.907. The Labute approximate surface area is 190 Å². The van der Waals surface area contributed by atoms with Gasteiger partial charge in [-0.15, -0.1) is 0 Å². The number of aryl methyl sites for hydroxylation is 1. The number of likely N-dealkylation sites (tertiary alicyclic amines) is 1. The Kier molecular flexibility index (Phi) is 5.16. The quantitative estimate of drug-likeness (QED) is 0.515. The summed E-state index contributed by atoms with van der Waals surface area (Å²) >= 11 is 6.57. The van der Waals surface area contributed by atoms with Crippen molar-refractivity contribution < 1.29 is 5.11 Å². The van der Waals surface area contributed by atoms with E-state index >= 15 is 0 Å². The molecule has 1 aliphatic heterocycles. The molecule has 166 valence electrons. The van der Waals surface area contributed by atoms with Crippen LogP contribution in [0.15, 0.2) is 53.8 Å². The lowest BCUT2D eigenvalue weighted by atomic mass is 9.91. The van der Waals surface area contributed by atoms with Gasteiger partial charge in [0.15, 0.2) is 5.65 Å². The topological polar surface area (TPSA) is 81.1 Å². The molecule has 0 unspecified atom stereocenters. The van der Waals surface area contributed by atoms with Crippen LogP contribution in [0.3, 0.4) is 0 Å². The van der Waals surface area contributed by atoms with Gasteiger partial charge in [0.2, 0.25) is 0 Å². The average Bonchev–Trinajstić information content (AvgIpc) is 3.36. The Balaban J connectivity index is 1.53. The van der Waals surface area contributed by atoms with Gasteiger partial charge in [-0.2, -0.15) is 5.10 Å². The number of fused-ring (bicyclic) bond motifs is 1. The molecule has 5 rings (SSSR count). The van der Waals surface area contributed by atoms with E-state index < -0.39 is 5.60 Å². The predicted molar refractivity (Wildman–Crippen MR) is 124 cm³/mol. The molecule has 1 fully saturated rings. The van der Waals surface area contributed by atoms with E-state index in [0.29, 0.717) is 29.0 Å². The third kappa shape index (κ3) is 3.74. The standard InChI is InChI=1S/C23H25ClN6O2/c1-27-8-6-23(32,7-9-27)14-29-15-25-21-19(22(29)31)11-20(24)30(21)18-5-3-4-16(10-18)17-12-26-28(2)13-17/h3-5,10-13,15,32H,6-9,14H2,1-2H3. The van der Waals surface area contributed by atoms with Gasteiger partial charge < -0.3 is 10.0 Å². The first-order valence-corrected chi connectivity index (χ1v) is 11.0. The van der Waals surface area contributed by atoms with Crippen molar-refractivity contribution in [1.82, 2.24) is 28.8 Å². The highest BCUT2D eigenvalue weighted by molar-refractivity contribution is 6.31. The molecule has 0 spiro atoms. The van der Waals surface area contributed by atoms with Crippen LogP contribution in [-0.4, -0.2) is 59.6 Å². The van der Waals surface area contributed by atoms with Crippen LogP contribution in [0.5, 0.6) is 0 Å². The highest BCUT2D eigenvalue weighted by Gasteiger charge is 2.32. The van der Waals surface area contributed by atoms with E-state index in [9.17, 15) is 9.90 Å². The number of halogens is 1. The van der Waals surface area contributed by atoms with Crippen molar-refractivity contribution in [2.24, 2.45) is 7.05 Å². The molecule has 9 heteroatoms. The second-order valence-electron chi connectivity index (χ2n) is 8.70. The second-order valence-corrected chi connectivity index (χ2v) is 9.09. The van der Waals surface area contributed by atoms with E-state index in [1.807, 2.05) is 44.6 Å². The summed E-state index contributed by atoms with van der Waals surface area (Å²) in [5.41, 5.74) is 2.18. The second kappa shape index (κ2) is 7.88. The molecule has 0 saturated carbocycles. The van der Waals surface area contributed by atoms with Crippen LogP contribution in [0.1, 0.15) is 12.8 Å². The number of piperidine rings is 1. The molecule has 0 aliphatic carbocycles. The van der Waals surface area contributed by atoms with Gasteiger partial charge in [0.05, 0.1) is 23.7 Å². The Hall–Kier alpha value is -2.94. The molecule has 0 bridgehead atoms. The van der Waals surface area contributed by atoms with E-state index in [-0.39, 0.29) is 12.1 Å². The molecule has 0 atom stereocenters. The van der Waals surface area contributed by atoms with E-state index in [0.717, 1.165) is 29.9 Å². The monoisotopic (exact) mass is 452 g/mol. The molecule has 1 aromatic carbocycles. The fourth-order valence-corrected chi connectivity index (χ4v) is 4.64. The fourth-order valence-electron chi connectivity index (χ4n) is 4.35. The van der Waals surface area contributed by atoms with Crippen LogP contribution in [0.25, 0.3) is 27.8 Å². The largest absolute Gasteiger partial charge is 0.388 e. The summed E-state index contributed by atoms with van der Waals surface area (Å²) < 4.78 is 5.02. The minimum Gasteiger partial charge on any atom is -0.388 e. The molecule has 0 amide bonds. The third-order valence-electron chi connectivity index (χ3n) is 6.27. The maximum absolute atomic E-state index is 13.2. The molecule has 0 radical (unpaired) electrons. The molecular weight excluding hydrogens is 428 g/mol. The number of aliphatic hydroxyl groups is 1. The number of hydrogen-bond acceptors (Lipinski definition) is 5. The molecule has 4 aromatic rings. The van der Waals surface area contributed by atoms with Gasteiger partial charge in [-0.3, -0.25) is 18.6 Å². The predicted octanol–water partition coefficient (Wildman–Crippen LogP) is 2.70. The maximum atomic E-state index is 13.2. The first kappa shape index (κ1) is 20.9. The third-order valence-corrected chi connectivity index (χ3v) is 6.54. The van der Waals surface area contributed by atoms with Crippen LogP contribution >= 0.6 is 11.6 Å². The molecule has 1 N–H and O–H groups in total. The van der Waals surface area contributed by atoms with E-state index in [1.54, 1.807) is 21.5 Å². The molecule has 4 heterocycles. The van der Waals surface area contributed by atoms with Crippen LogP contribution < -0.4 is 5.56 Å². The van der Waals surface area contributed by atoms with Gasteiger partial charge >= 0.3 is 0 Å². The van der Waals surface area contributed by atoms with E-state index in [4.69, 9.17) is 11.6 Å². The zero-order chi connectivity index (χ0) is 22.5. The van der Waals surface area contributed by atoms with Crippen LogP contribution in [0, 0.1) is 0 Å². The summed E-state index contributed by atoms with van der Waals surface area (Å²) in [6.07, 6.45) is 6.50. The summed E-state index contributed by atoms with van der Waals surface area (Å²) in [5, 5.41) is 16.0. The average molecular weight is 453 g/mol. The van der Waals surface area contributed by atoms with Crippen molar-refractivity contribution in [3.8, 4) is 16.8 Å². The van der Waals surface area contributed by atoms with Crippen LogP contribution in [-0.2, 0) is 13.6 Å². The van der Waals surface area contributed by atoms with Gasteiger partial charge in [-0.1, -0.05) is 23.7 Å². The number of benzene rings is 1. The van der Waals surface area contributed by atoms with Crippen molar-refractivity contribution in [2.45, 2.75) is 25.0 Å². The van der Waals surface area contributed by atoms with E-state index in [2.05, 4.69) is 15.0 Å². The Morgan fingerprint density at radius 1 is 1.16 bits per heavy atom. The molecule has 1 aliphatic rings. The molecule has 1 saturated heterocycles. The normalized spacial score (nSPS) is 16.6. The first-order valence-electron chi connectivity index (χ1n) is 10.6. The summed E-state index contributed by atoms with van der Waals surface area (Å²) in [6.45, 7) is 1.83. The molecule has 3 aromatic heterocycles. The van der Waals surface area contributed by atoms with Crippen molar-refractivity contribution >= 4 is 22.6 Å². The first-order chi connectivity index (χ1) is 15.3. The zero-order valence-electron chi connectivity index (χ0n) is 18.1. The molecular formula is C23H25ClN6O2. The zero-order valence-corrected chi connectivity index (χ0v) is 18.8. The summed E-state index contributed by atoms with van der Waals surface area (Å²) in [6, 6.07) is 9.52. The SMILES string of the molecule is CN1CCC(O)(Cn2cnc3c(cc(Cl)n3-c3cccc(-c4cnn(C)c4)c3)c2=O)CC1. The Bertz CT molecular complexity index is 1350. The minimum absolute atomic E-state index is 0.202. The summed E-state index contributed by atoms with van der Waals surface area (Å²) in [4.78, 5) is 20.0. The van der Waals surface area contributed by atoms with Crippen LogP contribution in [0.4, 0.5) is 0 Å². The van der Waals surface area contributed by atoms with Crippen molar-refractivity contribution in [3.63, 3.8) is 0 Å². The highest BCUT2D eigenvalue weighted by Crippen LogP contribution is 2.28. The van der Waals surface area contributed by atoms with Gasteiger partial charge in [0.1, 0.15) is 11.5 Å².